The van der Waals surface area contributed by atoms with Crippen LogP contribution >= 0.6 is 15.9 Å². The Bertz CT molecular complexity index is 819. The molecule has 1 N–H and O–H groups in total. The lowest BCUT2D eigenvalue weighted by Crippen LogP contribution is -2.10. The third kappa shape index (κ3) is 3.97. The van der Waals surface area contributed by atoms with E-state index in [9.17, 15) is 15.4 Å². The van der Waals surface area contributed by atoms with Crippen molar-refractivity contribution in [3.63, 3.8) is 0 Å². The molecule has 0 atom stereocenters. The largest absolute Gasteiger partial charge is 0.464 e. The standard InChI is InChI=1S/C15H14BrN5O3/c1-3-24-15-19-9(2)13(21(22)23)14(20-15)18-8-10-4-5-12(16)6-11(10)7-17/h4-6H,3,8H2,1-2H3,(H,18,19,20). The first-order valence-electron chi connectivity index (χ1n) is 7.04. The smallest absolute Gasteiger partial charge is 0.332 e. The van der Waals surface area contributed by atoms with Crippen molar-refractivity contribution < 1.29 is 9.66 Å². The predicted molar refractivity (Wildman–Crippen MR) is 90.8 cm³/mol. The van der Waals surface area contributed by atoms with E-state index in [0.29, 0.717) is 17.7 Å². The summed E-state index contributed by atoms with van der Waals surface area (Å²) in [7, 11) is 0. The zero-order valence-corrected chi connectivity index (χ0v) is 14.6. The van der Waals surface area contributed by atoms with Crippen LogP contribution in [0.4, 0.5) is 11.5 Å². The SMILES string of the molecule is CCOc1nc(C)c([N+](=O)[O-])c(NCc2ccc(Br)cc2C#N)n1. The molecule has 0 radical (unpaired) electrons. The van der Waals surface area contributed by atoms with Gasteiger partial charge in [0.1, 0.15) is 5.69 Å². The molecule has 2 rings (SSSR count). The van der Waals surface area contributed by atoms with Gasteiger partial charge >= 0.3 is 11.7 Å². The number of rotatable bonds is 6. The number of halogens is 1. The minimum absolute atomic E-state index is 0.0581. The first kappa shape index (κ1) is 17.6. The number of nitro groups is 1. The molecule has 1 heterocycles. The molecule has 0 spiro atoms. The van der Waals surface area contributed by atoms with Gasteiger partial charge < -0.3 is 10.1 Å². The first-order valence-corrected chi connectivity index (χ1v) is 7.83. The van der Waals surface area contributed by atoms with Crippen molar-refractivity contribution in [2.24, 2.45) is 0 Å². The van der Waals surface area contributed by atoms with Gasteiger partial charge in [-0.05, 0) is 31.5 Å². The normalized spacial score (nSPS) is 10.1. The molecule has 2 aromatic rings. The molecule has 124 valence electrons. The average Bonchev–Trinajstić information content (AvgIpc) is 2.53. The highest BCUT2D eigenvalue weighted by molar-refractivity contribution is 9.10. The van der Waals surface area contributed by atoms with Crippen LogP contribution in [-0.2, 0) is 6.54 Å². The second-order valence-corrected chi connectivity index (χ2v) is 5.66. The van der Waals surface area contributed by atoms with Crippen molar-refractivity contribution >= 4 is 27.4 Å². The molecule has 0 aliphatic rings. The summed E-state index contributed by atoms with van der Waals surface area (Å²) in [5.74, 6) is 0.0581. The van der Waals surface area contributed by atoms with Crippen LogP contribution in [0, 0.1) is 28.4 Å². The maximum absolute atomic E-state index is 11.3. The van der Waals surface area contributed by atoms with Crippen molar-refractivity contribution in [3.8, 4) is 12.1 Å². The van der Waals surface area contributed by atoms with Gasteiger partial charge in [0.2, 0.25) is 5.82 Å². The Labute approximate surface area is 146 Å². The van der Waals surface area contributed by atoms with Crippen LogP contribution < -0.4 is 10.1 Å². The summed E-state index contributed by atoms with van der Waals surface area (Å²) in [6.07, 6.45) is 0. The van der Waals surface area contributed by atoms with Gasteiger partial charge in [-0.15, -0.1) is 0 Å². The average molecular weight is 392 g/mol. The second-order valence-electron chi connectivity index (χ2n) is 4.75. The summed E-state index contributed by atoms with van der Waals surface area (Å²) >= 11 is 3.30. The fourth-order valence-electron chi connectivity index (χ4n) is 2.06. The fraction of sp³-hybridized carbons (Fsp3) is 0.267. The molecule has 0 unspecified atom stereocenters. The maximum atomic E-state index is 11.3. The molecular formula is C15H14BrN5O3. The molecule has 8 nitrogen and oxygen atoms in total. The van der Waals surface area contributed by atoms with Gasteiger partial charge in [-0.1, -0.05) is 22.0 Å². The summed E-state index contributed by atoms with van der Waals surface area (Å²) in [5.41, 5.74) is 1.16. The molecule has 0 aliphatic heterocycles. The van der Waals surface area contributed by atoms with Crippen molar-refractivity contribution in [2.45, 2.75) is 20.4 Å². The molecular weight excluding hydrogens is 378 g/mol. The molecule has 0 bridgehead atoms. The van der Waals surface area contributed by atoms with E-state index >= 15 is 0 Å². The lowest BCUT2D eigenvalue weighted by Gasteiger charge is -2.10. The molecule has 0 saturated carbocycles. The summed E-state index contributed by atoms with van der Waals surface area (Å²) in [4.78, 5) is 18.8. The number of nitrogens with one attached hydrogen (secondary N) is 1. The molecule has 0 amide bonds. The van der Waals surface area contributed by atoms with Crippen LogP contribution in [0.3, 0.4) is 0 Å². The number of aromatic nitrogens is 2. The summed E-state index contributed by atoms with van der Waals surface area (Å²) in [5, 5.41) is 23.4. The molecule has 0 aliphatic carbocycles. The number of nitriles is 1. The highest BCUT2D eigenvalue weighted by Gasteiger charge is 2.22. The Morgan fingerprint density at radius 1 is 1.46 bits per heavy atom. The Hall–Kier alpha value is -2.73. The van der Waals surface area contributed by atoms with Gasteiger partial charge in [0.15, 0.2) is 0 Å². The van der Waals surface area contributed by atoms with Crippen LogP contribution in [0.1, 0.15) is 23.7 Å². The number of benzene rings is 1. The van der Waals surface area contributed by atoms with Gasteiger partial charge in [-0.3, -0.25) is 10.1 Å². The number of ether oxygens (including phenoxy) is 1. The summed E-state index contributed by atoms with van der Waals surface area (Å²) < 4.78 is 6.01. The van der Waals surface area contributed by atoms with E-state index in [2.05, 4.69) is 37.3 Å². The van der Waals surface area contributed by atoms with Gasteiger partial charge in [0.05, 0.1) is 23.2 Å². The van der Waals surface area contributed by atoms with Crippen molar-refractivity contribution in [3.05, 3.63) is 49.6 Å². The molecule has 24 heavy (non-hydrogen) atoms. The van der Waals surface area contributed by atoms with E-state index in [1.54, 1.807) is 25.1 Å². The van der Waals surface area contributed by atoms with Crippen LogP contribution in [-0.4, -0.2) is 21.5 Å². The zero-order chi connectivity index (χ0) is 17.7. The lowest BCUT2D eigenvalue weighted by atomic mass is 10.1. The van der Waals surface area contributed by atoms with Gasteiger partial charge in [0, 0.05) is 11.0 Å². The Kier molecular flexibility index (Phi) is 5.65. The molecule has 0 fully saturated rings. The molecule has 1 aromatic carbocycles. The number of hydrogen-bond donors (Lipinski definition) is 1. The fourth-order valence-corrected chi connectivity index (χ4v) is 2.42. The van der Waals surface area contributed by atoms with Crippen molar-refractivity contribution in [1.82, 2.24) is 9.97 Å². The minimum Gasteiger partial charge on any atom is -0.464 e. The van der Waals surface area contributed by atoms with E-state index in [1.165, 1.54) is 6.92 Å². The third-order valence-electron chi connectivity index (χ3n) is 3.13. The third-order valence-corrected chi connectivity index (χ3v) is 3.63. The van der Waals surface area contributed by atoms with Crippen molar-refractivity contribution in [1.29, 1.82) is 5.26 Å². The number of nitrogens with zero attached hydrogens (tertiary/aromatic N) is 4. The van der Waals surface area contributed by atoms with E-state index in [0.717, 1.165) is 4.47 Å². The van der Waals surface area contributed by atoms with E-state index in [1.807, 2.05) is 0 Å². The van der Waals surface area contributed by atoms with Crippen LogP contribution in [0.25, 0.3) is 0 Å². The number of hydrogen-bond acceptors (Lipinski definition) is 7. The Morgan fingerprint density at radius 3 is 2.83 bits per heavy atom. The number of aryl methyl sites for hydroxylation is 1. The highest BCUT2D eigenvalue weighted by atomic mass is 79.9. The van der Waals surface area contributed by atoms with Crippen LogP contribution in [0.5, 0.6) is 6.01 Å². The van der Waals surface area contributed by atoms with Gasteiger partial charge in [-0.2, -0.15) is 15.2 Å². The molecule has 1 aromatic heterocycles. The zero-order valence-electron chi connectivity index (χ0n) is 13.0. The summed E-state index contributed by atoms with van der Waals surface area (Å²) in [6, 6.07) is 7.40. The molecule has 0 saturated heterocycles. The first-order chi connectivity index (χ1) is 11.5. The molecule has 9 heteroatoms. The van der Waals surface area contributed by atoms with E-state index in [-0.39, 0.29) is 29.8 Å². The predicted octanol–water partition coefficient (Wildman–Crippen LogP) is 3.34. The lowest BCUT2D eigenvalue weighted by molar-refractivity contribution is -0.385. The number of anilines is 1. The minimum atomic E-state index is -0.541. The summed E-state index contributed by atoms with van der Waals surface area (Å²) in [6.45, 7) is 3.85. The topological polar surface area (TPSA) is 114 Å². The quantitative estimate of drug-likeness (QED) is 0.592. The second kappa shape index (κ2) is 7.70. The highest BCUT2D eigenvalue weighted by Crippen LogP contribution is 2.28. The van der Waals surface area contributed by atoms with E-state index < -0.39 is 4.92 Å². The Balaban J connectivity index is 2.35. The van der Waals surface area contributed by atoms with Crippen LogP contribution in [0.15, 0.2) is 22.7 Å². The maximum Gasteiger partial charge on any atom is 0.332 e. The van der Waals surface area contributed by atoms with Crippen molar-refractivity contribution in [2.75, 3.05) is 11.9 Å². The van der Waals surface area contributed by atoms with E-state index in [4.69, 9.17) is 4.74 Å². The monoisotopic (exact) mass is 391 g/mol. The van der Waals surface area contributed by atoms with Gasteiger partial charge in [0.25, 0.3) is 0 Å². The van der Waals surface area contributed by atoms with Crippen LogP contribution in [0.2, 0.25) is 0 Å². The Morgan fingerprint density at radius 2 is 2.21 bits per heavy atom. The van der Waals surface area contributed by atoms with Gasteiger partial charge in [-0.25, -0.2) is 0 Å².